The minimum Gasteiger partial charge on any atom is 1.00 e. The Balaban J connectivity index is 0.00000225. The second-order valence-corrected chi connectivity index (χ2v) is 6.24. The summed E-state index contributed by atoms with van der Waals surface area (Å²) in [5.74, 6) is -1.41. The molecule has 82 valence electrons. The molecule has 0 saturated heterocycles. The molecule has 6 nitrogen and oxygen atoms in total. The summed E-state index contributed by atoms with van der Waals surface area (Å²) in [4.78, 5) is 10.4. The molecule has 1 aromatic carbocycles. The van der Waals surface area contributed by atoms with Gasteiger partial charge < -0.3 is 0 Å². The molecule has 0 aliphatic carbocycles. The molecule has 0 bridgehead atoms. The number of hydrogen-bond acceptors (Lipinski definition) is 3. The van der Waals surface area contributed by atoms with Gasteiger partial charge >= 0.3 is 117 Å². The zero-order valence-electron chi connectivity index (χ0n) is 8.44. The molecular formula is C8H9AsNaO6+. The van der Waals surface area contributed by atoms with Gasteiger partial charge in [-0.2, -0.15) is 0 Å². The van der Waals surface area contributed by atoms with Crippen LogP contribution in [0.2, 0.25) is 0 Å². The molecule has 0 heterocycles. The van der Waals surface area contributed by atoms with Gasteiger partial charge in [0.2, 0.25) is 0 Å². The average molecular weight is 299 g/mol. The van der Waals surface area contributed by atoms with Crippen molar-refractivity contribution < 1.29 is 56.5 Å². The van der Waals surface area contributed by atoms with Crippen LogP contribution in [0.15, 0.2) is 24.3 Å². The van der Waals surface area contributed by atoms with Crippen molar-refractivity contribution in [3.8, 4) is 0 Å². The van der Waals surface area contributed by atoms with Crippen LogP contribution in [0, 0.1) is 0 Å². The maximum Gasteiger partial charge on any atom is 1.00 e. The minimum atomic E-state index is -4.93. The Bertz CT molecular complexity index is 411. The molecule has 16 heavy (non-hydrogen) atoms. The number of carbonyl (C=O) groups is 1. The third-order valence-electron chi connectivity index (χ3n) is 1.78. The summed E-state index contributed by atoms with van der Waals surface area (Å²) in [7, 11) is 0. The van der Waals surface area contributed by atoms with Crippen molar-refractivity contribution >= 4 is 24.5 Å². The molecule has 0 amide bonds. The van der Waals surface area contributed by atoms with Crippen molar-refractivity contribution in [1.29, 1.82) is 0 Å². The second-order valence-electron chi connectivity index (χ2n) is 2.88. The first kappa shape index (κ1) is 15.9. The zero-order valence-corrected chi connectivity index (χ0v) is 12.3. The number of benzene rings is 1. The van der Waals surface area contributed by atoms with E-state index < -0.39 is 26.2 Å². The first-order valence-electron chi connectivity index (χ1n) is 3.89. The quantitative estimate of drug-likeness (QED) is 0.417. The van der Waals surface area contributed by atoms with E-state index in [1.54, 1.807) is 0 Å². The molecule has 8 heteroatoms. The van der Waals surface area contributed by atoms with Crippen molar-refractivity contribution in [2.75, 3.05) is 0 Å². The van der Waals surface area contributed by atoms with Crippen LogP contribution in [-0.2, 0) is 8.53 Å². The topological polar surface area (TPSA) is 115 Å². The summed E-state index contributed by atoms with van der Waals surface area (Å²) in [6.07, 6.45) is -1.68. The number of rotatable bonds is 3. The Morgan fingerprint density at radius 1 is 1.19 bits per heavy atom. The SMILES string of the molecule is O=C(O)C(O)c1ccc([As](=O)(O)O)cc1.[Na+]. The fourth-order valence-corrected chi connectivity index (χ4v) is 2.12. The first-order valence-corrected chi connectivity index (χ1v) is 7.27. The fourth-order valence-electron chi connectivity index (χ4n) is 0.993. The van der Waals surface area contributed by atoms with Crippen molar-refractivity contribution in [2.45, 2.75) is 6.10 Å². The molecule has 1 rings (SSSR count). The van der Waals surface area contributed by atoms with Gasteiger partial charge in [0.25, 0.3) is 0 Å². The average Bonchev–Trinajstić information content (AvgIpc) is 2.15. The van der Waals surface area contributed by atoms with Crippen LogP contribution in [0.25, 0.3) is 0 Å². The van der Waals surface area contributed by atoms with Gasteiger partial charge in [-0.05, 0) is 0 Å². The van der Waals surface area contributed by atoms with Crippen molar-refractivity contribution in [1.82, 2.24) is 0 Å². The summed E-state index contributed by atoms with van der Waals surface area (Å²) in [6, 6.07) is 4.58. The molecule has 4 N–H and O–H groups in total. The zero-order chi connectivity index (χ0) is 11.6. The van der Waals surface area contributed by atoms with Crippen LogP contribution in [0.5, 0.6) is 0 Å². The van der Waals surface area contributed by atoms with E-state index in [2.05, 4.69) is 0 Å². The monoisotopic (exact) mass is 299 g/mol. The van der Waals surface area contributed by atoms with Gasteiger partial charge in [0.05, 0.1) is 0 Å². The van der Waals surface area contributed by atoms with Crippen LogP contribution in [0.4, 0.5) is 0 Å². The van der Waals surface area contributed by atoms with Crippen molar-refractivity contribution in [2.24, 2.45) is 0 Å². The Kier molecular flexibility index (Phi) is 6.00. The molecule has 0 aliphatic heterocycles. The third-order valence-corrected chi connectivity index (χ3v) is 3.82. The van der Waals surface area contributed by atoms with E-state index in [1.807, 2.05) is 0 Å². The summed E-state index contributed by atoms with van der Waals surface area (Å²) in [5.41, 5.74) is 0.0789. The Morgan fingerprint density at radius 3 is 1.94 bits per heavy atom. The number of aliphatic hydroxyl groups is 1. The molecule has 0 aromatic heterocycles. The number of carboxylic acids is 1. The standard InChI is InChI=1S/C8H9AsO6.Na/c10-7(8(11)12)5-1-3-6(4-2-5)9(13,14)15;/h1-4,7,10H,(H,11,12)(H2,13,14,15);/q;+1. The van der Waals surface area contributed by atoms with E-state index in [-0.39, 0.29) is 39.5 Å². The van der Waals surface area contributed by atoms with Crippen LogP contribution < -0.4 is 33.9 Å². The molecule has 0 saturated carbocycles. The number of aliphatic hydroxyl groups excluding tert-OH is 1. The van der Waals surface area contributed by atoms with Crippen LogP contribution in [-0.4, -0.2) is 38.5 Å². The van der Waals surface area contributed by atoms with E-state index in [9.17, 15) is 8.53 Å². The Morgan fingerprint density at radius 2 is 1.62 bits per heavy atom. The summed E-state index contributed by atoms with van der Waals surface area (Å²) < 4.78 is 28.3. The molecule has 0 aliphatic rings. The Labute approximate surface area is 116 Å². The third kappa shape index (κ3) is 4.07. The Hall–Kier alpha value is -0.0716. The van der Waals surface area contributed by atoms with Gasteiger partial charge in [-0.3, -0.25) is 0 Å². The smallest absolute Gasteiger partial charge is 1.00 e. The summed E-state index contributed by atoms with van der Waals surface area (Å²) in [5, 5.41) is 17.6. The number of hydrogen-bond donors (Lipinski definition) is 4. The first-order chi connectivity index (χ1) is 6.82. The molecule has 1 atom stereocenters. The maximum atomic E-state index is 10.8. The van der Waals surface area contributed by atoms with Gasteiger partial charge in [-0.1, -0.05) is 0 Å². The molecule has 0 spiro atoms. The van der Waals surface area contributed by atoms with E-state index >= 15 is 0 Å². The summed E-state index contributed by atoms with van der Waals surface area (Å²) in [6.45, 7) is 0. The summed E-state index contributed by atoms with van der Waals surface area (Å²) >= 11 is -4.93. The predicted octanol–water partition coefficient (Wildman–Crippen LogP) is -4.63. The van der Waals surface area contributed by atoms with Gasteiger partial charge in [-0.25, -0.2) is 0 Å². The molecule has 0 fully saturated rings. The van der Waals surface area contributed by atoms with Crippen LogP contribution in [0.1, 0.15) is 11.7 Å². The molecule has 1 aromatic rings. The second kappa shape index (κ2) is 6.02. The van der Waals surface area contributed by atoms with Crippen LogP contribution >= 0.6 is 0 Å². The normalized spacial score (nSPS) is 12.7. The van der Waals surface area contributed by atoms with Gasteiger partial charge in [0.1, 0.15) is 0 Å². The van der Waals surface area contributed by atoms with Crippen molar-refractivity contribution in [3.63, 3.8) is 0 Å². The maximum absolute atomic E-state index is 10.8. The van der Waals surface area contributed by atoms with E-state index in [0.717, 1.165) is 12.1 Å². The number of carboxylic acid groups (broad SMARTS) is 1. The van der Waals surface area contributed by atoms with Gasteiger partial charge in [0.15, 0.2) is 0 Å². The molecule has 1 unspecified atom stereocenters. The van der Waals surface area contributed by atoms with Crippen LogP contribution in [0.3, 0.4) is 0 Å². The van der Waals surface area contributed by atoms with Gasteiger partial charge in [0, 0.05) is 0 Å². The fraction of sp³-hybridized carbons (Fsp3) is 0.125. The van der Waals surface area contributed by atoms with E-state index in [0.29, 0.717) is 0 Å². The van der Waals surface area contributed by atoms with E-state index in [1.165, 1.54) is 12.1 Å². The van der Waals surface area contributed by atoms with Gasteiger partial charge in [-0.15, -0.1) is 0 Å². The molecular weight excluding hydrogens is 290 g/mol. The van der Waals surface area contributed by atoms with Crippen molar-refractivity contribution in [3.05, 3.63) is 29.8 Å². The minimum absolute atomic E-state index is 0. The number of aliphatic carboxylic acids is 1. The predicted molar refractivity (Wildman–Crippen MR) is 49.5 cm³/mol. The van der Waals surface area contributed by atoms with E-state index in [4.69, 9.17) is 18.4 Å². The largest absolute Gasteiger partial charge is 1.00 e. The molecule has 0 radical (unpaired) electrons.